The van der Waals surface area contributed by atoms with Crippen LogP contribution >= 0.6 is 0 Å². The molecule has 0 aliphatic heterocycles. The highest BCUT2D eigenvalue weighted by atomic mass is 16.4. The van der Waals surface area contributed by atoms with Crippen LogP contribution in [0.2, 0.25) is 0 Å². The predicted octanol–water partition coefficient (Wildman–Crippen LogP) is 2.90. The number of hydrogen-bond donors (Lipinski definition) is 2. The average molecular weight is 325 g/mol. The first-order valence-electron chi connectivity index (χ1n) is 7.51. The maximum Gasteiger partial charge on any atom is 0.335 e. The minimum atomic E-state index is -0.970. The first-order valence-corrected chi connectivity index (χ1v) is 7.51. The molecular formula is C19H19NO4. The number of rotatable bonds is 6. The lowest BCUT2D eigenvalue weighted by Gasteiger charge is -2.26. The van der Waals surface area contributed by atoms with E-state index in [-0.39, 0.29) is 16.9 Å². The van der Waals surface area contributed by atoms with Crippen LogP contribution in [-0.2, 0) is 5.41 Å². The molecule has 0 heterocycles. The third kappa shape index (κ3) is 4.07. The molecule has 0 fully saturated rings. The van der Waals surface area contributed by atoms with Gasteiger partial charge in [0.05, 0.1) is 5.56 Å². The largest absolute Gasteiger partial charge is 0.478 e. The van der Waals surface area contributed by atoms with E-state index in [0.29, 0.717) is 24.0 Å². The summed E-state index contributed by atoms with van der Waals surface area (Å²) in [4.78, 5) is 33.9. The van der Waals surface area contributed by atoms with E-state index in [9.17, 15) is 14.4 Å². The molecule has 5 nitrogen and oxygen atoms in total. The van der Waals surface area contributed by atoms with Crippen molar-refractivity contribution in [3.63, 3.8) is 0 Å². The topological polar surface area (TPSA) is 83.5 Å². The van der Waals surface area contributed by atoms with Gasteiger partial charge in [-0.3, -0.25) is 9.59 Å². The zero-order chi connectivity index (χ0) is 17.7. The number of carbonyl (C=O) groups excluding carboxylic acids is 2. The van der Waals surface area contributed by atoms with Gasteiger partial charge in [0.1, 0.15) is 6.29 Å². The molecule has 2 N–H and O–H groups in total. The summed E-state index contributed by atoms with van der Waals surface area (Å²) < 4.78 is 0. The van der Waals surface area contributed by atoms with Crippen molar-refractivity contribution in [1.29, 1.82) is 0 Å². The van der Waals surface area contributed by atoms with E-state index in [1.54, 1.807) is 42.5 Å². The number of carboxylic acids is 1. The fourth-order valence-corrected chi connectivity index (χ4v) is 2.32. The highest BCUT2D eigenvalue weighted by Crippen LogP contribution is 2.23. The van der Waals surface area contributed by atoms with Crippen LogP contribution < -0.4 is 5.32 Å². The number of hydrogen-bond acceptors (Lipinski definition) is 3. The van der Waals surface area contributed by atoms with E-state index in [0.717, 1.165) is 5.56 Å². The van der Waals surface area contributed by atoms with Gasteiger partial charge in [-0.1, -0.05) is 38.1 Å². The van der Waals surface area contributed by atoms with E-state index in [4.69, 9.17) is 5.11 Å². The summed E-state index contributed by atoms with van der Waals surface area (Å²) >= 11 is 0. The van der Waals surface area contributed by atoms with E-state index in [1.807, 2.05) is 13.8 Å². The average Bonchev–Trinajstić information content (AvgIpc) is 2.59. The smallest absolute Gasteiger partial charge is 0.335 e. The van der Waals surface area contributed by atoms with Gasteiger partial charge in [-0.25, -0.2) is 4.79 Å². The molecule has 2 rings (SSSR count). The minimum absolute atomic E-state index is 0.226. The Morgan fingerprint density at radius 3 is 2.33 bits per heavy atom. The van der Waals surface area contributed by atoms with Crippen molar-refractivity contribution >= 4 is 18.2 Å². The van der Waals surface area contributed by atoms with Gasteiger partial charge in [-0.2, -0.15) is 0 Å². The Bertz CT molecular complexity index is 763. The van der Waals surface area contributed by atoms with Gasteiger partial charge in [0, 0.05) is 23.1 Å². The molecule has 0 radical (unpaired) electrons. The van der Waals surface area contributed by atoms with Crippen LogP contribution in [0.5, 0.6) is 0 Å². The van der Waals surface area contributed by atoms with E-state index < -0.39 is 5.97 Å². The number of amides is 1. The molecule has 0 aromatic heterocycles. The molecule has 24 heavy (non-hydrogen) atoms. The Hall–Kier alpha value is -2.95. The minimum Gasteiger partial charge on any atom is -0.478 e. The van der Waals surface area contributed by atoms with E-state index in [1.165, 1.54) is 6.07 Å². The number of benzene rings is 2. The van der Waals surface area contributed by atoms with Crippen LogP contribution in [-0.4, -0.2) is 29.8 Å². The Morgan fingerprint density at radius 2 is 1.75 bits per heavy atom. The summed E-state index contributed by atoms with van der Waals surface area (Å²) in [6, 6.07) is 13.1. The Kier molecular flexibility index (Phi) is 5.14. The summed E-state index contributed by atoms with van der Waals surface area (Å²) in [5, 5.41) is 11.8. The quantitative estimate of drug-likeness (QED) is 0.800. The van der Waals surface area contributed by atoms with E-state index in [2.05, 4.69) is 5.32 Å². The Morgan fingerprint density at radius 1 is 1.08 bits per heavy atom. The van der Waals surface area contributed by atoms with Crippen LogP contribution in [0.25, 0.3) is 0 Å². The predicted molar refractivity (Wildman–Crippen MR) is 90.6 cm³/mol. The summed E-state index contributed by atoms with van der Waals surface area (Å²) in [5.74, 6) is -1.23. The Labute approximate surface area is 140 Å². The van der Waals surface area contributed by atoms with Crippen molar-refractivity contribution in [1.82, 2.24) is 5.32 Å². The number of carbonyl (C=O) groups is 3. The lowest BCUT2D eigenvalue weighted by molar-refractivity contribution is 0.0696. The fourth-order valence-electron chi connectivity index (χ4n) is 2.32. The number of nitrogens with one attached hydrogen (secondary N) is 1. The second kappa shape index (κ2) is 7.08. The molecule has 1 amide bonds. The fraction of sp³-hybridized carbons (Fsp3) is 0.211. The summed E-state index contributed by atoms with van der Waals surface area (Å²) in [6.45, 7) is 4.30. The maximum absolute atomic E-state index is 12.2. The Balaban J connectivity index is 2.07. The van der Waals surface area contributed by atoms with Crippen molar-refractivity contribution in [3.05, 3.63) is 70.8 Å². The van der Waals surface area contributed by atoms with Gasteiger partial charge in [0.15, 0.2) is 0 Å². The van der Waals surface area contributed by atoms with Crippen molar-refractivity contribution in [2.24, 2.45) is 0 Å². The molecule has 0 aliphatic rings. The second-order valence-electron chi connectivity index (χ2n) is 6.19. The number of aldehydes is 1. The second-order valence-corrected chi connectivity index (χ2v) is 6.19. The third-order valence-corrected chi connectivity index (χ3v) is 3.89. The monoisotopic (exact) mass is 325 g/mol. The van der Waals surface area contributed by atoms with Crippen LogP contribution in [0, 0.1) is 0 Å². The summed E-state index contributed by atoms with van der Waals surface area (Å²) in [6.07, 6.45) is 0.699. The molecule has 0 aliphatic carbocycles. The molecule has 0 spiro atoms. The molecule has 2 aromatic carbocycles. The highest BCUT2D eigenvalue weighted by Gasteiger charge is 2.22. The molecule has 5 heteroatoms. The van der Waals surface area contributed by atoms with Gasteiger partial charge in [-0.05, 0) is 29.8 Å². The lowest BCUT2D eigenvalue weighted by Crippen LogP contribution is -2.36. The van der Waals surface area contributed by atoms with Crippen LogP contribution in [0.3, 0.4) is 0 Å². The molecule has 0 saturated heterocycles. The summed E-state index contributed by atoms with van der Waals surface area (Å²) in [5.41, 5.74) is 1.66. The van der Waals surface area contributed by atoms with Crippen molar-refractivity contribution < 1.29 is 19.5 Å². The molecule has 0 unspecified atom stereocenters. The zero-order valence-corrected chi connectivity index (χ0v) is 13.6. The standard InChI is InChI=1S/C19H19NO4/c1-19(2,16-8-6-14(7-9-16)18(23)24)12-20-17(22)15-5-3-4-13(10-15)11-21/h3-11H,12H2,1-2H3,(H,20,22)(H,23,24). The lowest BCUT2D eigenvalue weighted by atomic mass is 9.84. The molecule has 2 aromatic rings. The normalized spacial score (nSPS) is 10.9. The molecular weight excluding hydrogens is 306 g/mol. The van der Waals surface area contributed by atoms with Crippen LogP contribution in [0.1, 0.15) is 50.5 Å². The van der Waals surface area contributed by atoms with Crippen molar-refractivity contribution in [3.8, 4) is 0 Å². The number of carboxylic acid groups (broad SMARTS) is 1. The van der Waals surface area contributed by atoms with Gasteiger partial charge in [0.25, 0.3) is 5.91 Å². The van der Waals surface area contributed by atoms with Gasteiger partial charge in [-0.15, -0.1) is 0 Å². The zero-order valence-electron chi connectivity index (χ0n) is 13.6. The first kappa shape index (κ1) is 17.4. The maximum atomic E-state index is 12.2. The van der Waals surface area contributed by atoms with Crippen LogP contribution in [0.15, 0.2) is 48.5 Å². The number of aromatic carboxylic acids is 1. The molecule has 0 saturated carbocycles. The highest BCUT2D eigenvalue weighted by molar-refractivity contribution is 5.95. The third-order valence-electron chi connectivity index (χ3n) is 3.89. The summed E-state index contributed by atoms with van der Waals surface area (Å²) in [7, 11) is 0. The van der Waals surface area contributed by atoms with Crippen LogP contribution in [0.4, 0.5) is 0 Å². The van der Waals surface area contributed by atoms with Gasteiger partial charge in [0.2, 0.25) is 0 Å². The van der Waals surface area contributed by atoms with Gasteiger partial charge >= 0.3 is 5.97 Å². The molecule has 124 valence electrons. The SMILES string of the molecule is CC(C)(CNC(=O)c1cccc(C=O)c1)c1ccc(C(=O)O)cc1. The van der Waals surface area contributed by atoms with Gasteiger partial charge < -0.3 is 10.4 Å². The van der Waals surface area contributed by atoms with Crippen molar-refractivity contribution in [2.75, 3.05) is 6.54 Å². The molecule has 0 atom stereocenters. The van der Waals surface area contributed by atoms with E-state index >= 15 is 0 Å². The molecule has 0 bridgehead atoms. The first-order chi connectivity index (χ1) is 11.3. The van der Waals surface area contributed by atoms with Crippen molar-refractivity contribution in [2.45, 2.75) is 19.3 Å².